The van der Waals surface area contributed by atoms with Gasteiger partial charge in [-0.1, -0.05) is 0 Å². The number of allylic oxidation sites excluding steroid dienone is 1. The maximum atomic E-state index is 5.53. The van der Waals surface area contributed by atoms with Crippen LogP contribution >= 0.6 is 0 Å². The summed E-state index contributed by atoms with van der Waals surface area (Å²) < 4.78 is 7.29. The maximum absolute atomic E-state index is 5.53. The van der Waals surface area contributed by atoms with E-state index in [1.54, 1.807) is 10.7 Å². The first kappa shape index (κ1) is 15.6. The van der Waals surface area contributed by atoms with Crippen LogP contribution in [0.4, 0.5) is 0 Å². The summed E-state index contributed by atoms with van der Waals surface area (Å²) in [6, 6.07) is 4.07. The van der Waals surface area contributed by atoms with Gasteiger partial charge < -0.3 is 0 Å². The Kier molecular flexibility index (Phi) is 6.84. The number of hydrogen-bond acceptors (Lipinski definition) is 1. The Balaban J connectivity index is 3.03. The molecule has 0 aliphatic heterocycles. The Labute approximate surface area is 115 Å². The van der Waals surface area contributed by atoms with Crippen molar-refractivity contribution in [1.82, 2.24) is 0 Å². The van der Waals surface area contributed by atoms with Gasteiger partial charge in [0.25, 0.3) is 0 Å². The molecule has 18 heavy (non-hydrogen) atoms. The molecular formula is C16H28GeO. The van der Waals surface area contributed by atoms with Crippen LogP contribution in [0.25, 0.3) is 6.08 Å². The van der Waals surface area contributed by atoms with Gasteiger partial charge in [-0.25, -0.2) is 0 Å². The van der Waals surface area contributed by atoms with Crippen LogP contribution in [0.15, 0.2) is 27.2 Å². The molecule has 0 radical (unpaired) electrons. The van der Waals surface area contributed by atoms with Crippen LogP contribution in [-0.4, -0.2) is 13.3 Å². The minimum absolute atomic E-state index is 1.05. The molecule has 0 bridgehead atoms. The Hall–Kier alpha value is -0.437. The molecule has 1 rings (SSSR count). The molecule has 0 spiro atoms. The molecule has 0 aromatic carbocycles. The molecule has 0 N–H and O–H groups in total. The van der Waals surface area contributed by atoms with Crippen LogP contribution in [0.1, 0.15) is 52.7 Å². The van der Waals surface area contributed by atoms with Crippen LogP contribution in [0, 0.1) is 0 Å². The molecule has 0 amide bonds. The Morgan fingerprint density at radius 2 is 1.83 bits per heavy atom. The van der Waals surface area contributed by atoms with Crippen molar-refractivity contribution in [2.45, 2.75) is 62.7 Å². The summed E-state index contributed by atoms with van der Waals surface area (Å²) in [5, 5.41) is 4.22. The van der Waals surface area contributed by atoms with E-state index in [0.29, 0.717) is 0 Å². The van der Waals surface area contributed by atoms with Gasteiger partial charge in [0, 0.05) is 0 Å². The summed E-state index contributed by atoms with van der Waals surface area (Å²) >= 11 is -1.80. The molecular weight excluding hydrogens is 281 g/mol. The van der Waals surface area contributed by atoms with Crippen molar-refractivity contribution in [3.63, 3.8) is 0 Å². The Morgan fingerprint density at radius 3 is 2.28 bits per heavy atom. The number of unbranched alkanes of at least 4 members (excludes halogenated alkanes) is 1. The standard InChI is InChI=1S/C16H28GeO/c1-5-9-11-15(14-16-12-10-13-18-16)17(6-2,7-3)8-4/h10,12-14H,5-9,11H2,1-4H3/b15-14-. The minimum atomic E-state index is -1.80. The molecule has 1 heterocycles. The van der Waals surface area contributed by atoms with Crippen LogP contribution in [0.2, 0.25) is 15.8 Å². The van der Waals surface area contributed by atoms with Gasteiger partial charge in [-0.05, 0) is 0 Å². The van der Waals surface area contributed by atoms with Crippen molar-refractivity contribution in [3.05, 3.63) is 28.6 Å². The number of furan rings is 1. The monoisotopic (exact) mass is 310 g/mol. The van der Waals surface area contributed by atoms with Crippen molar-refractivity contribution in [2.75, 3.05) is 0 Å². The van der Waals surface area contributed by atoms with Gasteiger partial charge >= 0.3 is 115 Å². The van der Waals surface area contributed by atoms with Gasteiger partial charge in [0.05, 0.1) is 0 Å². The summed E-state index contributed by atoms with van der Waals surface area (Å²) in [6.07, 6.45) is 8.03. The van der Waals surface area contributed by atoms with E-state index in [-0.39, 0.29) is 0 Å². The van der Waals surface area contributed by atoms with E-state index in [0.717, 1.165) is 5.76 Å². The SMILES string of the molecule is CCCC/[C](=C/c1ccco1)[Ge]([CH2]C)([CH2]C)[CH2]C. The predicted molar refractivity (Wildman–Crippen MR) is 83.4 cm³/mol. The zero-order valence-corrected chi connectivity index (χ0v) is 14.6. The Morgan fingerprint density at radius 1 is 1.17 bits per heavy atom. The number of rotatable bonds is 8. The van der Waals surface area contributed by atoms with Crippen molar-refractivity contribution < 1.29 is 4.42 Å². The van der Waals surface area contributed by atoms with Crippen LogP contribution < -0.4 is 0 Å². The third kappa shape index (κ3) is 3.78. The molecule has 1 aromatic heterocycles. The topological polar surface area (TPSA) is 13.1 Å². The first-order valence-electron chi connectivity index (χ1n) is 7.47. The van der Waals surface area contributed by atoms with Crippen molar-refractivity contribution in [1.29, 1.82) is 0 Å². The van der Waals surface area contributed by atoms with Gasteiger partial charge in [0.2, 0.25) is 0 Å². The molecule has 1 aromatic rings. The van der Waals surface area contributed by atoms with E-state index >= 15 is 0 Å². The quantitative estimate of drug-likeness (QED) is 0.545. The molecule has 0 saturated heterocycles. The molecule has 0 saturated carbocycles. The van der Waals surface area contributed by atoms with Gasteiger partial charge in [0.15, 0.2) is 0 Å². The van der Waals surface area contributed by atoms with Crippen molar-refractivity contribution >= 4 is 19.3 Å². The van der Waals surface area contributed by atoms with Gasteiger partial charge in [-0.2, -0.15) is 0 Å². The molecule has 0 aliphatic carbocycles. The first-order valence-corrected chi connectivity index (χ1v) is 13.0. The fourth-order valence-corrected chi connectivity index (χ4v) is 11.3. The average molecular weight is 309 g/mol. The van der Waals surface area contributed by atoms with E-state index < -0.39 is 13.3 Å². The third-order valence-electron chi connectivity index (χ3n) is 4.37. The second-order valence-corrected chi connectivity index (χ2v) is 16.3. The van der Waals surface area contributed by atoms with E-state index in [1.165, 1.54) is 35.0 Å². The molecule has 0 atom stereocenters. The van der Waals surface area contributed by atoms with Crippen LogP contribution in [0.5, 0.6) is 0 Å². The molecule has 1 nitrogen and oxygen atoms in total. The molecule has 0 fully saturated rings. The average Bonchev–Trinajstić information content (AvgIpc) is 2.91. The van der Waals surface area contributed by atoms with E-state index in [2.05, 4.69) is 39.8 Å². The second kappa shape index (κ2) is 7.88. The third-order valence-corrected chi connectivity index (χ3v) is 16.6. The summed E-state index contributed by atoms with van der Waals surface area (Å²) in [5.74, 6) is 1.05. The van der Waals surface area contributed by atoms with Crippen molar-refractivity contribution in [2.24, 2.45) is 0 Å². The van der Waals surface area contributed by atoms with E-state index in [1.807, 2.05) is 6.07 Å². The fourth-order valence-electron chi connectivity index (χ4n) is 2.83. The zero-order chi connectivity index (χ0) is 13.4. The summed E-state index contributed by atoms with van der Waals surface area (Å²) in [7, 11) is 0. The van der Waals surface area contributed by atoms with Gasteiger partial charge in [-0.3, -0.25) is 0 Å². The second-order valence-electron chi connectivity index (χ2n) is 5.13. The van der Waals surface area contributed by atoms with Gasteiger partial charge in [0.1, 0.15) is 0 Å². The molecule has 2 heteroatoms. The van der Waals surface area contributed by atoms with E-state index in [9.17, 15) is 0 Å². The van der Waals surface area contributed by atoms with Crippen LogP contribution in [0.3, 0.4) is 0 Å². The molecule has 0 aliphatic rings. The predicted octanol–water partition coefficient (Wildman–Crippen LogP) is 5.90. The van der Waals surface area contributed by atoms with Crippen LogP contribution in [-0.2, 0) is 0 Å². The molecule has 102 valence electrons. The fraction of sp³-hybridized carbons (Fsp3) is 0.625. The summed E-state index contributed by atoms with van der Waals surface area (Å²) in [6.45, 7) is 9.47. The molecule has 0 unspecified atom stereocenters. The van der Waals surface area contributed by atoms with Crippen molar-refractivity contribution in [3.8, 4) is 0 Å². The zero-order valence-electron chi connectivity index (χ0n) is 12.5. The first-order chi connectivity index (χ1) is 8.72. The number of hydrogen-bond donors (Lipinski definition) is 0. The summed E-state index contributed by atoms with van der Waals surface area (Å²) in [5.41, 5.74) is 0. The summed E-state index contributed by atoms with van der Waals surface area (Å²) in [4.78, 5) is 0. The van der Waals surface area contributed by atoms with E-state index in [4.69, 9.17) is 4.42 Å². The normalized spacial score (nSPS) is 13.0. The Bertz CT molecular complexity index is 339. The van der Waals surface area contributed by atoms with Gasteiger partial charge in [-0.15, -0.1) is 0 Å².